The summed E-state index contributed by atoms with van der Waals surface area (Å²) < 4.78 is 0. The van der Waals surface area contributed by atoms with Gasteiger partial charge in [-0.1, -0.05) is 25.0 Å². The zero-order valence-corrected chi connectivity index (χ0v) is 13.4. The third-order valence-corrected chi connectivity index (χ3v) is 4.60. The molecule has 4 N–H and O–H groups in total. The molecule has 0 spiro atoms. The first-order chi connectivity index (χ1) is 10.7. The van der Waals surface area contributed by atoms with Crippen molar-refractivity contribution in [3.63, 3.8) is 0 Å². The highest BCUT2D eigenvalue weighted by atomic mass is 16.2. The van der Waals surface area contributed by atoms with E-state index in [1.165, 1.54) is 0 Å². The largest absolute Gasteiger partial charge is 0.351 e. The second kappa shape index (κ2) is 8.93. The van der Waals surface area contributed by atoms with Crippen LogP contribution in [0.15, 0.2) is 12.2 Å². The van der Waals surface area contributed by atoms with Crippen LogP contribution in [-0.2, 0) is 9.59 Å². The molecule has 124 valence electrons. The Morgan fingerprint density at radius 2 is 1.50 bits per heavy atom. The molecule has 5 nitrogen and oxygen atoms in total. The van der Waals surface area contributed by atoms with Crippen molar-refractivity contribution in [2.24, 2.45) is 5.73 Å². The average molecular weight is 307 g/mol. The lowest BCUT2D eigenvalue weighted by Gasteiger charge is -2.33. The van der Waals surface area contributed by atoms with Crippen molar-refractivity contribution in [1.29, 1.82) is 0 Å². The fourth-order valence-corrected chi connectivity index (χ4v) is 3.25. The SMILES string of the molecule is NC1CCC/C=C/CCCC(=O)N[C@H]2CCCC[C@H]2NC1=O. The molecule has 2 rings (SSSR count). The van der Waals surface area contributed by atoms with Gasteiger partial charge in [0.2, 0.25) is 11.8 Å². The van der Waals surface area contributed by atoms with Crippen molar-refractivity contribution >= 4 is 11.8 Å². The van der Waals surface area contributed by atoms with E-state index >= 15 is 0 Å². The Labute approximate surface area is 133 Å². The highest BCUT2D eigenvalue weighted by Gasteiger charge is 2.28. The van der Waals surface area contributed by atoms with Gasteiger partial charge < -0.3 is 16.4 Å². The maximum absolute atomic E-state index is 12.2. The normalized spacial score (nSPS) is 33.6. The molecule has 1 fully saturated rings. The second-order valence-corrected chi connectivity index (χ2v) is 6.47. The first-order valence-corrected chi connectivity index (χ1v) is 8.67. The predicted molar refractivity (Wildman–Crippen MR) is 87.1 cm³/mol. The Morgan fingerprint density at radius 3 is 2.23 bits per heavy atom. The molecule has 0 aromatic rings. The quantitative estimate of drug-likeness (QED) is 0.596. The monoisotopic (exact) mass is 307 g/mol. The fourth-order valence-electron chi connectivity index (χ4n) is 3.25. The van der Waals surface area contributed by atoms with Crippen LogP contribution in [0.1, 0.15) is 64.2 Å². The van der Waals surface area contributed by atoms with Crippen LogP contribution in [0.4, 0.5) is 0 Å². The maximum Gasteiger partial charge on any atom is 0.237 e. The maximum atomic E-state index is 12.2. The van der Waals surface area contributed by atoms with Crippen LogP contribution in [-0.4, -0.2) is 29.9 Å². The van der Waals surface area contributed by atoms with Gasteiger partial charge in [0.15, 0.2) is 0 Å². The topological polar surface area (TPSA) is 84.2 Å². The van der Waals surface area contributed by atoms with Crippen LogP contribution in [0.3, 0.4) is 0 Å². The molecule has 22 heavy (non-hydrogen) atoms. The molecule has 1 saturated carbocycles. The van der Waals surface area contributed by atoms with Crippen molar-refractivity contribution in [3.8, 4) is 0 Å². The van der Waals surface area contributed by atoms with Gasteiger partial charge in [-0.05, 0) is 44.9 Å². The number of amides is 2. The number of fused-ring (bicyclic) bond motifs is 1. The van der Waals surface area contributed by atoms with E-state index in [2.05, 4.69) is 22.8 Å². The summed E-state index contributed by atoms with van der Waals surface area (Å²) in [7, 11) is 0. The average Bonchev–Trinajstić information content (AvgIpc) is 2.51. The summed E-state index contributed by atoms with van der Waals surface area (Å²) in [6.07, 6.45) is 13.3. The standard InChI is InChI=1S/C17H29N3O2/c18-13-9-5-3-1-2-4-6-12-16(21)19-14-10-7-8-11-15(14)20-17(13)22/h1-2,13-15H,3-12,18H2,(H,19,21)(H,20,22)/b2-1+/t13?,14-,15+/m0/s1. The van der Waals surface area contributed by atoms with Crippen LogP contribution < -0.4 is 16.4 Å². The minimum Gasteiger partial charge on any atom is -0.351 e. The van der Waals surface area contributed by atoms with Crippen LogP contribution in [0.2, 0.25) is 0 Å². The number of nitrogens with one attached hydrogen (secondary N) is 2. The van der Waals surface area contributed by atoms with Crippen molar-refractivity contribution < 1.29 is 9.59 Å². The summed E-state index contributed by atoms with van der Waals surface area (Å²) >= 11 is 0. The molecule has 1 aliphatic carbocycles. The van der Waals surface area contributed by atoms with E-state index < -0.39 is 6.04 Å². The lowest BCUT2D eigenvalue weighted by Crippen LogP contribution is -2.56. The summed E-state index contributed by atoms with van der Waals surface area (Å²) in [6, 6.07) is -0.366. The van der Waals surface area contributed by atoms with Gasteiger partial charge in [0.1, 0.15) is 0 Å². The Kier molecular flexibility index (Phi) is 6.90. The Bertz CT molecular complexity index is 409. The molecular weight excluding hydrogens is 278 g/mol. The van der Waals surface area contributed by atoms with Crippen LogP contribution in [0.25, 0.3) is 0 Å². The van der Waals surface area contributed by atoms with E-state index in [1.54, 1.807) is 0 Å². The summed E-state index contributed by atoms with van der Waals surface area (Å²) in [6.45, 7) is 0. The van der Waals surface area contributed by atoms with Crippen LogP contribution in [0, 0.1) is 0 Å². The van der Waals surface area contributed by atoms with E-state index in [9.17, 15) is 9.59 Å². The highest BCUT2D eigenvalue weighted by molar-refractivity contribution is 5.82. The third kappa shape index (κ3) is 5.44. The second-order valence-electron chi connectivity index (χ2n) is 6.47. The van der Waals surface area contributed by atoms with Crippen LogP contribution >= 0.6 is 0 Å². The molecule has 0 radical (unpaired) electrons. The van der Waals surface area contributed by atoms with Crippen molar-refractivity contribution in [2.45, 2.75) is 82.3 Å². The molecule has 3 atom stereocenters. The van der Waals surface area contributed by atoms with Crippen molar-refractivity contribution in [2.75, 3.05) is 0 Å². The molecule has 0 bridgehead atoms. The first kappa shape index (κ1) is 17.0. The molecule has 2 amide bonds. The number of allylic oxidation sites excluding steroid dienone is 2. The first-order valence-electron chi connectivity index (χ1n) is 8.67. The van der Waals surface area contributed by atoms with Gasteiger partial charge in [-0.25, -0.2) is 0 Å². The minimum absolute atomic E-state index is 0.0273. The molecule has 1 unspecified atom stereocenters. The van der Waals surface area contributed by atoms with Gasteiger partial charge in [0.05, 0.1) is 6.04 Å². The van der Waals surface area contributed by atoms with Gasteiger partial charge in [0, 0.05) is 18.5 Å². The van der Waals surface area contributed by atoms with Crippen LogP contribution in [0.5, 0.6) is 0 Å². The van der Waals surface area contributed by atoms with Gasteiger partial charge in [0.25, 0.3) is 0 Å². The molecule has 1 aliphatic heterocycles. The van der Waals surface area contributed by atoms with Gasteiger partial charge in [-0.15, -0.1) is 0 Å². The number of nitrogens with two attached hydrogens (primary N) is 1. The van der Waals surface area contributed by atoms with Crippen molar-refractivity contribution in [3.05, 3.63) is 12.2 Å². The molecular formula is C17H29N3O2. The molecule has 0 aromatic carbocycles. The van der Waals surface area contributed by atoms with Gasteiger partial charge in [-0.2, -0.15) is 0 Å². The van der Waals surface area contributed by atoms with E-state index in [1.807, 2.05) is 0 Å². The number of carbonyl (C=O) groups excluding carboxylic acids is 2. The van der Waals surface area contributed by atoms with Gasteiger partial charge >= 0.3 is 0 Å². The van der Waals surface area contributed by atoms with E-state index in [-0.39, 0.29) is 23.9 Å². The number of rotatable bonds is 0. The Morgan fingerprint density at radius 1 is 0.864 bits per heavy atom. The summed E-state index contributed by atoms with van der Waals surface area (Å²) in [5, 5.41) is 6.17. The number of hydrogen-bond acceptors (Lipinski definition) is 3. The lowest BCUT2D eigenvalue weighted by molar-refractivity contribution is -0.125. The van der Waals surface area contributed by atoms with E-state index in [0.717, 1.165) is 51.4 Å². The molecule has 0 saturated heterocycles. The molecule has 2 aliphatic rings. The number of carbonyl (C=O) groups is 2. The lowest BCUT2D eigenvalue weighted by atomic mass is 9.89. The summed E-state index contributed by atoms with van der Waals surface area (Å²) in [5.74, 6) is 0.0173. The third-order valence-electron chi connectivity index (χ3n) is 4.60. The zero-order valence-electron chi connectivity index (χ0n) is 13.4. The van der Waals surface area contributed by atoms with E-state index in [4.69, 9.17) is 5.73 Å². The molecule has 5 heteroatoms. The summed E-state index contributed by atoms with van der Waals surface area (Å²) in [4.78, 5) is 24.3. The Balaban J connectivity index is 2.00. The summed E-state index contributed by atoms with van der Waals surface area (Å²) in [5.41, 5.74) is 5.98. The van der Waals surface area contributed by atoms with Gasteiger partial charge in [-0.3, -0.25) is 9.59 Å². The van der Waals surface area contributed by atoms with E-state index in [0.29, 0.717) is 12.8 Å². The predicted octanol–water partition coefficient (Wildman–Crippen LogP) is 1.77. The smallest absolute Gasteiger partial charge is 0.237 e. The minimum atomic E-state index is -0.447. The fraction of sp³-hybridized carbons (Fsp3) is 0.765. The van der Waals surface area contributed by atoms with Crippen molar-refractivity contribution in [1.82, 2.24) is 10.6 Å². The highest BCUT2D eigenvalue weighted by Crippen LogP contribution is 2.19. The number of hydrogen-bond donors (Lipinski definition) is 3. The Hall–Kier alpha value is -1.36. The zero-order chi connectivity index (χ0) is 15.8. The molecule has 0 aromatic heterocycles. The molecule has 1 heterocycles.